The number of nitrogens with zero attached hydrogens (tertiary/aromatic N) is 1. The Morgan fingerprint density at radius 2 is 1.39 bits per heavy atom. The van der Waals surface area contributed by atoms with Crippen LogP contribution in [0, 0.1) is 0 Å². The van der Waals surface area contributed by atoms with Gasteiger partial charge in [0.1, 0.15) is 10.2 Å². The first-order chi connectivity index (χ1) is 11.2. The van der Waals surface area contributed by atoms with Gasteiger partial charge in [0.25, 0.3) is 11.8 Å². The van der Waals surface area contributed by atoms with E-state index < -0.39 is 0 Å². The Bertz CT molecular complexity index is 757. The first-order valence-electron chi connectivity index (χ1n) is 7.24. The number of rotatable bonds is 5. The molecule has 0 aliphatic carbocycles. The third kappa shape index (κ3) is 3.35. The summed E-state index contributed by atoms with van der Waals surface area (Å²) in [5.41, 5.74) is 2.27. The molecule has 0 fully saturated rings. The van der Waals surface area contributed by atoms with E-state index in [0.717, 1.165) is 11.1 Å². The molecule has 23 heavy (non-hydrogen) atoms. The highest BCUT2D eigenvalue weighted by Gasteiger charge is 2.37. The predicted octanol–water partition coefficient (Wildman–Crippen LogP) is 2.95. The number of amides is 2. The average molecular weight is 371 g/mol. The number of nitrogens with one attached hydrogen (secondary N) is 1. The van der Waals surface area contributed by atoms with Gasteiger partial charge in [-0.3, -0.25) is 14.5 Å². The van der Waals surface area contributed by atoms with E-state index in [0.29, 0.717) is 12.2 Å². The van der Waals surface area contributed by atoms with Crippen LogP contribution in [0.25, 0.3) is 0 Å². The van der Waals surface area contributed by atoms with Crippen molar-refractivity contribution in [1.29, 1.82) is 0 Å². The number of carbonyl (C=O) groups is 2. The van der Waals surface area contributed by atoms with E-state index in [4.69, 9.17) is 0 Å². The second kappa shape index (κ2) is 6.79. The molecule has 3 rings (SSSR count). The van der Waals surface area contributed by atoms with Crippen LogP contribution in [0.3, 0.4) is 0 Å². The maximum absolute atomic E-state index is 12.5. The molecule has 0 spiro atoms. The van der Waals surface area contributed by atoms with Crippen molar-refractivity contribution in [2.45, 2.75) is 13.1 Å². The summed E-state index contributed by atoms with van der Waals surface area (Å²) in [6.07, 6.45) is 0. The molecule has 0 aromatic heterocycles. The number of halogens is 1. The topological polar surface area (TPSA) is 49.4 Å². The van der Waals surface area contributed by atoms with Crippen LogP contribution in [-0.2, 0) is 22.7 Å². The van der Waals surface area contributed by atoms with Crippen LogP contribution in [0.2, 0.25) is 0 Å². The van der Waals surface area contributed by atoms with Crippen molar-refractivity contribution in [1.82, 2.24) is 10.2 Å². The van der Waals surface area contributed by atoms with Gasteiger partial charge < -0.3 is 5.32 Å². The second-order valence-electron chi connectivity index (χ2n) is 5.21. The van der Waals surface area contributed by atoms with Gasteiger partial charge in [0.15, 0.2) is 0 Å². The Hall–Kier alpha value is -2.40. The van der Waals surface area contributed by atoms with Crippen molar-refractivity contribution in [2.75, 3.05) is 0 Å². The van der Waals surface area contributed by atoms with E-state index in [-0.39, 0.29) is 22.8 Å². The van der Waals surface area contributed by atoms with Crippen molar-refractivity contribution in [2.24, 2.45) is 0 Å². The molecule has 2 aromatic carbocycles. The molecule has 0 radical (unpaired) electrons. The van der Waals surface area contributed by atoms with Gasteiger partial charge in [-0.05, 0) is 27.1 Å². The van der Waals surface area contributed by atoms with Gasteiger partial charge in [0.05, 0.1) is 6.54 Å². The number of hydrogen-bond donors (Lipinski definition) is 1. The molecule has 0 saturated heterocycles. The van der Waals surface area contributed by atoms with Crippen LogP contribution >= 0.6 is 15.9 Å². The van der Waals surface area contributed by atoms with Crippen molar-refractivity contribution in [3.05, 3.63) is 82.0 Å². The van der Waals surface area contributed by atoms with Gasteiger partial charge in [0, 0.05) is 6.54 Å². The predicted molar refractivity (Wildman–Crippen MR) is 91.2 cm³/mol. The summed E-state index contributed by atoms with van der Waals surface area (Å²) in [6, 6.07) is 19.2. The molecule has 1 aliphatic rings. The fourth-order valence-electron chi connectivity index (χ4n) is 2.40. The zero-order valence-electron chi connectivity index (χ0n) is 12.3. The summed E-state index contributed by atoms with van der Waals surface area (Å²) in [7, 11) is 0. The monoisotopic (exact) mass is 370 g/mol. The molecular weight excluding hydrogens is 356 g/mol. The lowest BCUT2D eigenvalue weighted by molar-refractivity contribution is -0.138. The largest absolute Gasteiger partial charge is 0.375 e. The first-order valence-corrected chi connectivity index (χ1v) is 8.04. The lowest BCUT2D eigenvalue weighted by Crippen LogP contribution is -2.33. The van der Waals surface area contributed by atoms with Crippen LogP contribution in [0.1, 0.15) is 11.1 Å². The summed E-state index contributed by atoms with van der Waals surface area (Å²) in [4.78, 5) is 26.1. The molecule has 5 heteroatoms. The van der Waals surface area contributed by atoms with E-state index in [1.54, 1.807) is 0 Å². The molecule has 1 N–H and O–H groups in total. The van der Waals surface area contributed by atoms with E-state index in [1.807, 2.05) is 60.7 Å². The van der Waals surface area contributed by atoms with E-state index >= 15 is 0 Å². The minimum absolute atomic E-state index is 0.268. The standard InChI is InChI=1S/C18H15BrN2O2/c19-15-16(20-11-13-7-3-1-4-8-13)18(23)21(17(15)22)12-14-9-5-2-6-10-14/h1-10,20H,11-12H2. The van der Waals surface area contributed by atoms with Crippen molar-refractivity contribution in [3.63, 3.8) is 0 Å². The lowest BCUT2D eigenvalue weighted by Gasteiger charge is -2.15. The van der Waals surface area contributed by atoms with Crippen LogP contribution in [0.15, 0.2) is 70.8 Å². The van der Waals surface area contributed by atoms with Gasteiger partial charge in [-0.25, -0.2) is 0 Å². The molecule has 2 aromatic rings. The summed E-state index contributed by atoms with van der Waals surface area (Å²) < 4.78 is 0.286. The fraction of sp³-hybridized carbons (Fsp3) is 0.111. The van der Waals surface area contributed by atoms with Gasteiger partial charge >= 0.3 is 0 Å². The van der Waals surface area contributed by atoms with Crippen LogP contribution in [0.4, 0.5) is 0 Å². The highest BCUT2D eigenvalue weighted by molar-refractivity contribution is 9.12. The van der Waals surface area contributed by atoms with Crippen LogP contribution in [-0.4, -0.2) is 16.7 Å². The Morgan fingerprint density at radius 1 is 0.826 bits per heavy atom. The quantitative estimate of drug-likeness (QED) is 0.823. The summed E-state index contributed by atoms with van der Waals surface area (Å²) >= 11 is 3.24. The first kappa shape index (κ1) is 15.5. The Labute approximate surface area is 142 Å². The Balaban J connectivity index is 1.72. The Kier molecular flexibility index (Phi) is 4.57. The van der Waals surface area contributed by atoms with Gasteiger partial charge in [0.2, 0.25) is 0 Å². The molecule has 1 heterocycles. The normalized spacial score (nSPS) is 14.6. The Morgan fingerprint density at radius 3 is 2.00 bits per heavy atom. The van der Waals surface area contributed by atoms with E-state index in [1.165, 1.54) is 4.90 Å². The molecule has 0 saturated carbocycles. The molecule has 0 atom stereocenters. The minimum Gasteiger partial charge on any atom is -0.375 e. The highest BCUT2D eigenvalue weighted by atomic mass is 79.9. The molecule has 116 valence electrons. The van der Waals surface area contributed by atoms with Crippen LogP contribution in [0.5, 0.6) is 0 Å². The van der Waals surface area contributed by atoms with E-state index in [2.05, 4.69) is 21.2 Å². The average Bonchev–Trinajstić information content (AvgIpc) is 2.79. The molecule has 1 aliphatic heterocycles. The van der Waals surface area contributed by atoms with Crippen molar-refractivity contribution >= 4 is 27.7 Å². The highest BCUT2D eigenvalue weighted by Crippen LogP contribution is 2.25. The maximum Gasteiger partial charge on any atom is 0.278 e. The third-order valence-electron chi connectivity index (χ3n) is 3.61. The maximum atomic E-state index is 12.5. The summed E-state index contributed by atoms with van der Waals surface area (Å²) in [5.74, 6) is -0.615. The summed E-state index contributed by atoms with van der Waals surface area (Å²) in [6.45, 7) is 0.758. The van der Waals surface area contributed by atoms with Gasteiger partial charge in [-0.1, -0.05) is 60.7 Å². The second-order valence-corrected chi connectivity index (χ2v) is 6.00. The fourth-order valence-corrected chi connectivity index (χ4v) is 2.92. The van der Waals surface area contributed by atoms with Crippen LogP contribution < -0.4 is 5.32 Å². The lowest BCUT2D eigenvalue weighted by atomic mass is 10.2. The zero-order valence-corrected chi connectivity index (χ0v) is 13.9. The SMILES string of the molecule is O=C1C(Br)=C(NCc2ccccc2)C(=O)N1Cc1ccccc1. The molecular formula is C18H15BrN2O2. The van der Waals surface area contributed by atoms with Gasteiger partial charge in [-0.2, -0.15) is 0 Å². The van der Waals surface area contributed by atoms with Crippen molar-refractivity contribution in [3.8, 4) is 0 Å². The van der Waals surface area contributed by atoms with Gasteiger partial charge in [-0.15, -0.1) is 0 Å². The molecule has 0 bridgehead atoms. The molecule has 2 amide bonds. The number of benzene rings is 2. The number of carbonyl (C=O) groups excluding carboxylic acids is 2. The number of imide groups is 1. The van der Waals surface area contributed by atoms with E-state index in [9.17, 15) is 9.59 Å². The number of hydrogen-bond acceptors (Lipinski definition) is 3. The zero-order chi connectivity index (χ0) is 16.2. The summed E-state index contributed by atoms with van der Waals surface area (Å²) in [5, 5.41) is 3.06. The molecule has 4 nitrogen and oxygen atoms in total. The van der Waals surface area contributed by atoms with Crippen molar-refractivity contribution < 1.29 is 9.59 Å². The molecule has 0 unspecified atom stereocenters. The third-order valence-corrected chi connectivity index (χ3v) is 4.34. The smallest absolute Gasteiger partial charge is 0.278 e. The minimum atomic E-state index is -0.311.